The molecule has 5 nitrogen and oxygen atoms in total. The number of aliphatic hydroxyl groups excluding tert-OH is 1. The van der Waals surface area contributed by atoms with Crippen LogP contribution in [-0.2, 0) is 16.0 Å². The first-order valence-electron chi connectivity index (χ1n) is 10.2. The van der Waals surface area contributed by atoms with Gasteiger partial charge in [-0.15, -0.1) is 0 Å². The number of halogens is 1. The second-order valence-electron chi connectivity index (χ2n) is 7.47. The number of rotatable bonds is 5. The van der Waals surface area contributed by atoms with Gasteiger partial charge in [0.15, 0.2) is 0 Å². The average molecular weight is 448 g/mol. The number of aryl methyl sites for hydroxylation is 1. The summed E-state index contributed by atoms with van der Waals surface area (Å²) in [4.78, 5) is 27.7. The van der Waals surface area contributed by atoms with Crippen LogP contribution in [0, 0.1) is 0 Å². The highest BCUT2D eigenvalue weighted by molar-refractivity contribution is 6.51. The number of hydrogen-bond donors (Lipinski definition) is 1. The van der Waals surface area contributed by atoms with Crippen LogP contribution in [0.15, 0.2) is 78.4 Å². The van der Waals surface area contributed by atoms with Crippen LogP contribution in [0.5, 0.6) is 5.75 Å². The number of nitrogens with zero attached hydrogens (tertiary/aromatic N) is 1. The van der Waals surface area contributed by atoms with E-state index in [0.29, 0.717) is 27.6 Å². The molecule has 1 fully saturated rings. The van der Waals surface area contributed by atoms with Crippen LogP contribution in [0.1, 0.15) is 29.7 Å². The van der Waals surface area contributed by atoms with Crippen molar-refractivity contribution in [3.8, 4) is 5.75 Å². The van der Waals surface area contributed by atoms with Gasteiger partial charge in [0, 0.05) is 16.3 Å². The smallest absolute Gasteiger partial charge is 0.300 e. The molecule has 4 rings (SSSR count). The van der Waals surface area contributed by atoms with Crippen LogP contribution < -0.4 is 9.64 Å². The molecule has 1 unspecified atom stereocenters. The predicted octanol–water partition coefficient (Wildman–Crippen LogP) is 5.54. The highest BCUT2D eigenvalue weighted by atomic mass is 35.5. The SMILES string of the molecule is CCc1ccc(N2C(=O)C(=O)/C(=C(/O)c3ccc(Cl)cc3)C2c2ccc(OC)cc2)cc1. The Hall–Kier alpha value is -3.57. The maximum Gasteiger partial charge on any atom is 0.300 e. The molecule has 1 aliphatic rings. The number of amides is 1. The lowest BCUT2D eigenvalue weighted by molar-refractivity contribution is -0.132. The van der Waals surface area contributed by atoms with E-state index in [-0.39, 0.29) is 11.3 Å². The minimum absolute atomic E-state index is 0.0297. The molecular weight excluding hydrogens is 426 g/mol. The molecule has 1 heterocycles. The topological polar surface area (TPSA) is 66.8 Å². The zero-order chi connectivity index (χ0) is 22.8. The zero-order valence-electron chi connectivity index (χ0n) is 17.7. The molecule has 32 heavy (non-hydrogen) atoms. The van der Waals surface area contributed by atoms with Crippen molar-refractivity contribution in [1.82, 2.24) is 0 Å². The maximum atomic E-state index is 13.2. The first kappa shape index (κ1) is 21.7. The third-order valence-corrected chi connectivity index (χ3v) is 5.87. The van der Waals surface area contributed by atoms with Crippen LogP contribution in [0.2, 0.25) is 5.02 Å². The number of aliphatic hydroxyl groups is 1. The van der Waals surface area contributed by atoms with Gasteiger partial charge in [0.05, 0.1) is 18.7 Å². The van der Waals surface area contributed by atoms with Crippen LogP contribution >= 0.6 is 11.6 Å². The lowest BCUT2D eigenvalue weighted by atomic mass is 9.95. The van der Waals surface area contributed by atoms with Crippen LogP contribution in [0.4, 0.5) is 5.69 Å². The molecule has 1 N–H and O–H groups in total. The molecule has 0 radical (unpaired) electrons. The normalized spacial score (nSPS) is 17.6. The van der Waals surface area contributed by atoms with E-state index in [0.717, 1.165) is 12.0 Å². The van der Waals surface area contributed by atoms with Gasteiger partial charge in [-0.05, 0) is 66.1 Å². The van der Waals surface area contributed by atoms with Gasteiger partial charge in [-0.2, -0.15) is 0 Å². The second-order valence-corrected chi connectivity index (χ2v) is 7.91. The minimum atomic E-state index is -0.788. The van der Waals surface area contributed by atoms with Crippen molar-refractivity contribution in [2.24, 2.45) is 0 Å². The summed E-state index contributed by atoms with van der Waals surface area (Å²) in [5.41, 5.74) is 2.82. The van der Waals surface area contributed by atoms with E-state index < -0.39 is 17.7 Å². The quantitative estimate of drug-likeness (QED) is 0.317. The van der Waals surface area contributed by atoms with Gasteiger partial charge < -0.3 is 9.84 Å². The van der Waals surface area contributed by atoms with E-state index in [1.165, 1.54) is 4.90 Å². The Bertz CT molecular complexity index is 1180. The van der Waals surface area contributed by atoms with Crippen LogP contribution in [0.25, 0.3) is 5.76 Å². The molecule has 0 aromatic heterocycles. The molecule has 162 valence electrons. The predicted molar refractivity (Wildman–Crippen MR) is 125 cm³/mol. The van der Waals surface area contributed by atoms with Crippen molar-refractivity contribution < 1.29 is 19.4 Å². The molecule has 6 heteroatoms. The molecule has 0 spiro atoms. The fraction of sp³-hybridized carbons (Fsp3) is 0.154. The number of methoxy groups -OCH3 is 1. The van der Waals surface area contributed by atoms with Gasteiger partial charge in [-0.1, -0.05) is 42.8 Å². The third-order valence-electron chi connectivity index (χ3n) is 5.62. The summed E-state index contributed by atoms with van der Waals surface area (Å²) in [6, 6.07) is 20.3. The molecule has 1 saturated heterocycles. The molecule has 0 saturated carbocycles. The van der Waals surface area contributed by atoms with Crippen molar-refractivity contribution in [2.75, 3.05) is 12.0 Å². The van der Waals surface area contributed by atoms with Crippen molar-refractivity contribution in [2.45, 2.75) is 19.4 Å². The van der Waals surface area contributed by atoms with Crippen LogP contribution in [0.3, 0.4) is 0 Å². The van der Waals surface area contributed by atoms with Crippen LogP contribution in [-0.4, -0.2) is 23.9 Å². The maximum absolute atomic E-state index is 13.2. The van der Waals surface area contributed by atoms with Gasteiger partial charge in [-0.3, -0.25) is 14.5 Å². The van der Waals surface area contributed by atoms with Crippen molar-refractivity contribution >= 4 is 34.7 Å². The summed E-state index contributed by atoms with van der Waals surface area (Å²) in [7, 11) is 1.57. The van der Waals surface area contributed by atoms with Crippen molar-refractivity contribution in [1.29, 1.82) is 0 Å². The summed E-state index contributed by atoms with van der Waals surface area (Å²) < 4.78 is 5.24. The van der Waals surface area contributed by atoms with Crippen molar-refractivity contribution in [3.63, 3.8) is 0 Å². The van der Waals surface area contributed by atoms with Crippen molar-refractivity contribution in [3.05, 3.63) is 100 Å². The number of carbonyl (C=O) groups excluding carboxylic acids is 2. The lowest BCUT2D eigenvalue weighted by Gasteiger charge is -2.25. The van der Waals surface area contributed by atoms with E-state index in [9.17, 15) is 14.7 Å². The summed E-state index contributed by atoms with van der Waals surface area (Å²) in [6.45, 7) is 2.05. The molecule has 1 atom stereocenters. The molecule has 1 amide bonds. The standard InChI is InChI=1S/C26H22ClNO4/c1-3-16-4-12-20(13-5-16)28-23(17-8-14-21(32-2)15-9-17)22(25(30)26(28)31)24(29)18-6-10-19(27)11-7-18/h4-15,23,29H,3H2,1-2H3/b24-22+. The highest BCUT2D eigenvalue weighted by Crippen LogP contribution is 2.42. The van der Waals surface area contributed by atoms with E-state index in [1.54, 1.807) is 55.6 Å². The largest absolute Gasteiger partial charge is 0.507 e. The first-order valence-corrected chi connectivity index (χ1v) is 10.6. The Morgan fingerprint density at radius 3 is 2.16 bits per heavy atom. The minimum Gasteiger partial charge on any atom is -0.507 e. The van der Waals surface area contributed by atoms with E-state index in [4.69, 9.17) is 16.3 Å². The monoisotopic (exact) mass is 447 g/mol. The lowest BCUT2D eigenvalue weighted by Crippen LogP contribution is -2.29. The van der Waals surface area contributed by atoms with E-state index in [1.807, 2.05) is 31.2 Å². The number of hydrogen-bond acceptors (Lipinski definition) is 4. The Kier molecular flexibility index (Phi) is 6.01. The Balaban J connectivity index is 1.90. The number of Topliss-reactive ketones (excluding diaryl/α,β-unsaturated/α-hetero) is 1. The summed E-state index contributed by atoms with van der Waals surface area (Å²) in [6.07, 6.45) is 0.859. The Morgan fingerprint density at radius 2 is 1.59 bits per heavy atom. The summed E-state index contributed by atoms with van der Waals surface area (Å²) in [5.74, 6) is -1.02. The Labute approximate surface area is 191 Å². The molecule has 3 aromatic rings. The van der Waals surface area contributed by atoms with Gasteiger partial charge >= 0.3 is 0 Å². The molecule has 1 aliphatic heterocycles. The zero-order valence-corrected chi connectivity index (χ0v) is 18.5. The number of carbonyl (C=O) groups is 2. The fourth-order valence-electron chi connectivity index (χ4n) is 3.86. The molecule has 0 aliphatic carbocycles. The number of ether oxygens (including phenoxy) is 1. The van der Waals surface area contributed by atoms with E-state index >= 15 is 0 Å². The Morgan fingerprint density at radius 1 is 0.969 bits per heavy atom. The van der Waals surface area contributed by atoms with Gasteiger partial charge in [0.25, 0.3) is 11.7 Å². The highest BCUT2D eigenvalue weighted by Gasteiger charge is 2.46. The first-order chi connectivity index (χ1) is 15.4. The fourth-order valence-corrected chi connectivity index (χ4v) is 3.98. The summed E-state index contributed by atoms with van der Waals surface area (Å²) in [5, 5.41) is 11.6. The summed E-state index contributed by atoms with van der Waals surface area (Å²) >= 11 is 5.97. The molecular formula is C26H22ClNO4. The van der Waals surface area contributed by atoms with E-state index in [2.05, 4.69) is 0 Å². The third kappa shape index (κ3) is 3.87. The number of benzene rings is 3. The number of ketones is 1. The van der Waals surface area contributed by atoms with Gasteiger partial charge in [0.1, 0.15) is 11.5 Å². The van der Waals surface area contributed by atoms with Gasteiger partial charge in [-0.25, -0.2) is 0 Å². The number of anilines is 1. The molecule has 3 aromatic carbocycles. The average Bonchev–Trinajstić information content (AvgIpc) is 3.09. The molecule has 0 bridgehead atoms. The van der Waals surface area contributed by atoms with Gasteiger partial charge in [0.2, 0.25) is 0 Å². The second kappa shape index (κ2) is 8.89.